The first kappa shape index (κ1) is 25.7. The molecule has 2 aliphatic rings. The molecule has 1 N–H and O–H groups in total. The third kappa shape index (κ3) is 5.25. The van der Waals surface area contributed by atoms with E-state index in [1.54, 1.807) is 4.90 Å². The highest BCUT2D eigenvalue weighted by molar-refractivity contribution is 5.97. The van der Waals surface area contributed by atoms with E-state index in [4.69, 9.17) is 0 Å². The van der Waals surface area contributed by atoms with Crippen molar-refractivity contribution in [3.8, 4) is 0 Å². The molecule has 36 heavy (non-hydrogen) atoms. The number of likely N-dealkylation sites (tertiary alicyclic amines) is 1. The predicted molar refractivity (Wildman–Crippen MR) is 142 cm³/mol. The summed E-state index contributed by atoms with van der Waals surface area (Å²) in [5, 5.41) is 2.97. The molecule has 4 rings (SSSR count). The van der Waals surface area contributed by atoms with Gasteiger partial charge in [-0.2, -0.15) is 0 Å². The zero-order valence-corrected chi connectivity index (χ0v) is 21.7. The molecule has 0 aliphatic carbocycles. The lowest BCUT2D eigenvalue weighted by molar-refractivity contribution is -0.137. The first-order valence-electron chi connectivity index (χ1n) is 13.1. The van der Waals surface area contributed by atoms with Gasteiger partial charge in [0.05, 0.1) is 6.67 Å². The second-order valence-electron chi connectivity index (χ2n) is 10.1. The summed E-state index contributed by atoms with van der Waals surface area (Å²) in [6.45, 7) is 8.31. The number of aryl methyl sites for hydroxylation is 1. The van der Waals surface area contributed by atoms with Crippen molar-refractivity contribution in [3.63, 3.8) is 0 Å². The number of carbonyl (C=O) groups excluding carboxylic acids is 3. The van der Waals surface area contributed by atoms with E-state index in [9.17, 15) is 14.4 Å². The highest BCUT2D eigenvalue weighted by atomic mass is 16.2. The average Bonchev–Trinajstić information content (AvgIpc) is 3.18. The molecule has 1 unspecified atom stereocenters. The minimum Gasteiger partial charge on any atom is -0.354 e. The summed E-state index contributed by atoms with van der Waals surface area (Å²) >= 11 is 0. The van der Waals surface area contributed by atoms with Crippen LogP contribution in [0.2, 0.25) is 0 Å². The van der Waals surface area contributed by atoms with Crippen LogP contribution in [-0.2, 0) is 16.0 Å². The summed E-state index contributed by atoms with van der Waals surface area (Å²) in [5.74, 6) is 0.252. The summed E-state index contributed by atoms with van der Waals surface area (Å²) in [5.41, 5.74) is 2.09. The molecule has 1 atom stereocenters. The minimum atomic E-state index is -0.749. The first-order valence-corrected chi connectivity index (χ1v) is 13.1. The van der Waals surface area contributed by atoms with Gasteiger partial charge in [0.1, 0.15) is 12.1 Å². The van der Waals surface area contributed by atoms with Crippen LogP contribution in [0.4, 0.5) is 5.69 Å². The van der Waals surface area contributed by atoms with Crippen LogP contribution in [0.5, 0.6) is 0 Å². The molecule has 7 nitrogen and oxygen atoms in total. The van der Waals surface area contributed by atoms with Gasteiger partial charge in [-0.1, -0.05) is 57.5 Å². The van der Waals surface area contributed by atoms with Gasteiger partial charge in [-0.15, -0.1) is 0 Å². The lowest BCUT2D eigenvalue weighted by Crippen LogP contribution is -2.57. The SMILES string of the molecule is CCc1ccc(C(=O)N2CCC3(CC2)C(=O)N(CC(=O)NCC(C)CC)CN3c2ccccc2)cc1. The van der Waals surface area contributed by atoms with Crippen LogP contribution in [0.25, 0.3) is 0 Å². The normalized spacial score (nSPS) is 18.0. The van der Waals surface area contributed by atoms with E-state index in [2.05, 4.69) is 31.0 Å². The molecule has 2 heterocycles. The quantitative estimate of drug-likeness (QED) is 0.613. The zero-order chi connectivity index (χ0) is 25.7. The second-order valence-corrected chi connectivity index (χ2v) is 10.1. The number of hydrogen-bond donors (Lipinski definition) is 1. The largest absolute Gasteiger partial charge is 0.354 e. The van der Waals surface area contributed by atoms with Gasteiger partial charge in [0.15, 0.2) is 0 Å². The fourth-order valence-electron chi connectivity index (χ4n) is 5.13. The highest BCUT2D eigenvalue weighted by Gasteiger charge is 2.54. The Bertz CT molecular complexity index is 1060. The third-order valence-corrected chi connectivity index (χ3v) is 7.75. The number of hydrogen-bond acceptors (Lipinski definition) is 4. The number of anilines is 1. The Labute approximate surface area is 214 Å². The van der Waals surface area contributed by atoms with Crippen LogP contribution in [-0.4, -0.2) is 65.9 Å². The van der Waals surface area contributed by atoms with Gasteiger partial charge in [-0.25, -0.2) is 0 Å². The molecular formula is C29H38N4O3. The maximum atomic E-state index is 13.8. The van der Waals surface area contributed by atoms with Crippen LogP contribution >= 0.6 is 0 Å². The van der Waals surface area contributed by atoms with E-state index in [1.807, 2.05) is 59.5 Å². The predicted octanol–water partition coefficient (Wildman–Crippen LogP) is 3.69. The fourth-order valence-corrected chi connectivity index (χ4v) is 5.13. The maximum absolute atomic E-state index is 13.8. The number of piperidine rings is 1. The van der Waals surface area contributed by atoms with Crippen LogP contribution in [0.3, 0.4) is 0 Å². The molecule has 2 aromatic rings. The maximum Gasteiger partial charge on any atom is 0.253 e. The van der Waals surface area contributed by atoms with E-state index in [1.165, 1.54) is 5.56 Å². The van der Waals surface area contributed by atoms with Crippen LogP contribution in [0, 0.1) is 5.92 Å². The average molecular weight is 491 g/mol. The number of para-hydroxylation sites is 1. The lowest BCUT2D eigenvalue weighted by atomic mass is 9.85. The number of amides is 3. The second kappa shape index (κ2) is 11.1. The molecule has 7 heteroatoms. The Morgan fingerprint density at radius 2 is 1.67 bits per heavy atom. The molecule has 0 radical (unpaired) electrons. The molecule has 2 aromatic carbocycles. The Hall–Kier alpha value is -3.35. The first-order chi connectivity index (χ1) is 17.4. The van der Waals surface area contributed by atoms with Gasteiger partial charge in [0, 0.05) is 30.9 Å². The smallest absolute Gasteiger partial charge is 0.253 e. The fraction of sp³-hybridized carbons (Fsp3) is 0.483. The van der Waals surface area contributed by atoms with Crippen molar-refractivity contribution < 1.29 is 14.4 Å². The molecule has 2 saturated heterocycles. The molecule has 3 amide bonds. The van der Waals surface area contributed by atoms with Gasteiger partial charge in [-0.05, 0) is 55.0 Å². The van der Waals surface area contributed by atoms with Gasteiger partial charge in [-0.3, -0.25) is 14.4 Å². The number of benzene rings is 2. The van der Waals surface area contributed by atoms with Crippen molar-refractivity contribution in [1.29, 1.82) is 0 Å². The van der Waals surface area contributed by atoms with E-state index in [0.29, 0.717) is 50.6 Å². The zero-order valence-electron chi connectivity index (χ0n) is 21.7. The Morgan fingerprint density at radius 1 is 1.00 bits per heavy atom. The summed E-state index contributed by atoms with van der Waals surface area (Å²) in [6, 6.07) is 17.7. The molecule has 1 spiro atoms. The van der Waals surface area contributed by atoms with E-state index >= 15 is 0 Å². The lowest BCUT2D eigenvalue weighted by Gasteiger charge is -2.43. The monoisotopic (exact) mass is 490 g/mol. The van der Waals surface area contributed by atoms with Gasteiger partial charge >= 0.3 is 0 Å². The van der Waals surface area contributed by atoms with Crippen molar-refractivity contribution in [1.82, 2.24) is 15.1 Å². The van der Waals surface area contributed by atoms with Gasteiger partial charge < -0.3 is 20.0 Å². The summed E-state index contributed by atoms with van der Waals surface area (Å²) in [4.78, 5) is 45.3. The number of nitrogens with zero attached hydrogens (tertiary/aromatic N) is 3. The van der Waals surface area contributed by atoms with Crippen LogP contribution in [0.15, 0.2) is 54.6 Å². The van der Waals surface area contributed by atoms with E-state index < -0.39 is 5.54 Å². The number of nitrogens with one attached hydrogen (secondary N) is 1. The molecule has 0 aromatic heterocycles. The van der Waals surface area contributed by atoms with Crippen molar-refractivity contribution in [2.75, 3.05) is 37.7 Å². The molecule has 0 bridgehead atoms. The number of rotatable bonds is 8. The van der Waals surface area contributed by atoms with Crippen LogP contribution in [0.1, 0.15) is 56.0 Å². The topological polar surface area (TPSA) is 73.0 Å². The van der Waals surface area contributed by atoms with Crippen molar-refractivity contribution in [2.45, 2.75) is 52.0 Å². The van der Waals surface area contributed by atoms with Gasteiger partial charge in [0.25, 0.3) is 11.8 Å². The summed E-state index contributed by atoms with van der Waals surface area (Å²) in [7, 11) is 0. The Kier molecular flexibility index (Phi) is 7.97. The third-order valence-electron chi connectivity index (χ3n) is 7.75. The van der Waals surface area contributed by atoms with Crippen LogP contribution < -0.4 is 10.2 Å². The molecule has 2 aliphatic heterocycles. The molecule has 0 saturated carbocycles. The Morgan fingerprint density at radius 3 is 2.28 bits per heavy atom. The van der Waals surface area contributed by atoms with Gasteiger partial charge in [0.2, 0.25) is 5.91 Å². The van der Waals surface area contributed by atoms with Crippen molar-refractivity contribution in [3.05, 3.63) is 65.7 Å². The molecule has 192 valence electrons. The van der Waals surface area contributed by atoms with E-state index in [-0.39, 0.29) is 24.3 Å². The van der Waals surface area contributed by atoms with Crippen molar-refractivity contribution in [2.24, 2.45) is 5.92 Å². The molecule has 2 fully saturated rings. The summed E-state index contributed by atoms with van der Waals surface area (Å²) < 4.78 is 0. The van der Waals surface area contributed by atoms with Crippen molar-refractivity contribution >= 4 is 23.4 Å². The standard InChI is InChI=1S/C29H38N4O3/c1-4-22(3)19-30-26(34)20-32-21-33(25-9-7-6-8-10-25)29(28(32)36)15-17-31(18-16-29)27(35)24-13-11-23(5-2)12-14-24/h6-14,22H,4-5,15-21H2,1-3H3,(H,30,34). The number of carbonyl (C=O) groups is 3. The summed E-state index contributed by atoms with van der Waals surface area (Å²) in [6.07, 6.45) is 2.99. The minimum absolute atomic E-state index is 0.00508. The van der Waals surface area contributed by atoms with E-state index in [0.717, 1.165) is 18.5 Å². The molecular weight excluding hydrogens is 452 g/mol. The highest BCUT2D eigenvalue weighted by Crippen LogP contribution is 2.39. The Balaban J connectivity index is 1.49.